The molecule has 3 aromatic carbocycles. The largest absolute Gasteiger partial charge is 0.497 e. The van der Waals surface area contributed by atoms with Crippen molar-refractivity contribution in [3.8, 4) is 5.75 Å². The molecule has 1 unspecified atom stereocenters. The maximum absolute atomic E-state index is 13.7. The standard InChI is InChI=1S/C39H47N2O13P/c1-4-48-25-26-51-55(44,45)54-34-32(52-36(41-22-19-33(42)40-37(41)43)35(34)53-38(47-3)20-23-49-24-21-38)27-50-39(28-11-7-5-8-12-28,29-13-9-6-10-14-29)30-15-17-31(46-2)18-16-30/h5-19,22,32,34-36H,4,20-21,23-27H2,1-3H3,(H,44,45)(H,40,42,43)/t32-,34-,35-,36-/m1/s1. The van der Waals surface area contributed by atoms with Gasteiger partial charge < -0.3 is 38.1 Å². The number of hydrogen-bond acceptors (Lipinski definition) is 12. The average molecular weight is 783 g/mol. The van der Waals surface area contributed by atoms with E-state index in [1.165, 1.54) is 13.3 Å². The number of aromatic nitrogens is 2. The molecule has 3 heterocycles. The van der Waals surface area contributed by atoms with Gasteiger partial charge in [0.05, 0.1) is 40.1 Å². The molecular formula is C39H47N2O13P. The van der Waals surface area contributed by atoms with Crippen LogP contribution in [0.5, 0.6) is 5.75 Å². The second-order valence-corrected chi connectivity index (χ2v) is 14.3. The number of phosphoric acid groups is 1. The first-order valence-electron chi connectivity index (χ1n) is 18.0. The van der Waals surface area contributed by atoms with E-state index in [9.17, 15) is 19.0 Å². The first-order chi connectivity index (χ1) is 26.6. The van der Waals surface area contributed by atoms with Crippen molar-refractivity contribution in [3.05, 3.63) is 135 Å². The zero-order valence-electron chi connectivity index (χ0n) is 30.9. The van der Waals surface area contributed by atoms with Crippen LogP contribution >= 0.6 is 7.82 Å². The molecule has 1 aromatic heterocycles. The van der Waals surface area contributed by atoms with Crippen LogP contribution in [0, 0.1) is 0 Å². The van der Waals surface area contributed by atoms with Crippen molar-refractivity contribution < 1.29 is 51.7 Å². The lowest BCUT2D eigenvalue weighted by molar-refractivity contribution is -0.292. The van der Waals surface area contributed by atoms with Crippen molar-refractivity contribution in [1.29, 1.82) is 0 Å². The SMILES string of the molecule is CCOCCOP(=O)(O)O[C@H]1[C@@H](OC2(OC)CCOCC2)[C@H](n2ccc(=O)[nH]c2=O)O[C@@H]1COC(c1ccccc1)(c1ccccc1)c1ccc(OC)cc1. The molecule has 4 aromatic rings. The summed E-state index contributed by atoms with van der Waals surface area (Å²) in [5.74, 6) is -0.604. The summed E-state index contributed by atoms with van der Waals surface area (Å²) in [6.07, 6.45) is -3.31. The summed E-state index contributed by atoms with van der Waals surface area (Å²) in [5.41, 5.74) is -0.399. The van der Waals surface area contributed by atoms with Gasteiger partial charge in [0.15, 0.2) is 12.0 Å². The fourth-order valence-electron chi connectivity index (χ4n) is 6.92. The Hall–Kier alpha value is -3.99. The van der Waals surface area contributed by atoms with Crippen LogP contribution in [0.3, 0.4) is 0 Å². The van der Waals surface area contributed by atoms with E-state index >= 15 is 0 Å². The Labute approximate surface area is 318 Å². The average Bonchev–Trinajstić information content (AvgIpc) is 3.52. The predicted molar refractivity (Wildman–Crippen MR) is 199 cm³/mol. The molecule has 2 fully saturated rings. The molecule has 55 heavy (non-hydrogen) atoms. The number of H-pyrrole nitrogens is 1. The van der Waals surface area contributed by atoms with Crippen LogP contribution in [-0.2, 0) is 47.6 Å². The lowest BCUT2D eigenvalue weighted by Crippen LogP contribution is -2.50. The predicted octanol–water partition coefficient (Wildman–Crippen LogP) is 4.53. The normalized spacial score (nSPS) is 22.3. The van der Waals surface area contributed by atoms with Gasteiger partial charge in [0, 0.05) is 38.8 Å². The van der Waals surface area contributed by atoms with Crippen molar-refractivity contribution in [1.82, 2.24) is 9.55 Å². The fraction of sp³-hybridized carbons (Fsp3) is 0.436. The van der Waals surface area contributed by atoms with Crippen LogP contribution < -0.4 is 16.0 Å². The van der Waals surface area contributed by atoms with Gasteiger partial charge in [-0.25, -0.2) is 9.36 Å². The molecule has 0 aliphatic carbocycles. The lowest BCUT2D eigenvalue weighted by Gasteiger charge is -2.40. The number of phosphoric ester groups is 1. The number of hydrogen-bond donors (Lipinski definition) is 2. The molecule has 2 aliphatic heterocycles. The van der Waals surface area contributed by atoms with Crippen molar-refractivity contribution >= 4 is 7.82 Å². The van der Waals surface area contributed by atoms with Crippen LogP contribution in [0.15, 0.2) is 107 Å². The molecule has 0 radical (unpaired) electrons. The minimum Gasteiger partial charge on any atom is -0.497 e. The topological polar surface area (TPSA) is 175 Å². The Morgan fingerprint density at radius 2 is 1.53 bits per heavy atom. The van der Waals surface area contributed by atoms with Crippen molar-refractivity contribution in [2.75, 3.05) is 53.9 Å². The molecule has 2 N–H and O–H groups in total. The van der Waals surface area contributed by atoms with Crippen LogP contribution in [-0.4, -0.2) is 92.4 Å². The Bertz CT molecular complexity index is 1930. The zero-order chi connectivity index (χ0) is 38.9. The summed E-state index contributed by atoms with van der Waals surface area (Å²) in [5, 5.41) is 0. The number of ether oxygens (including phenoxy) is 7. The molecule has 0 amide bonds. The summed E-state index contributed by atoms with van der Waals surface area (Å²) in [7, 11) is -1.78. The maximum atomic E-state index is 13.7. The molecule has 15 nitrogen and oxygen atoms in total. The second kappa shape index (κ2) is 18.3. The van der Waals surface area contributed by atoms with Crippen LogP contribution in [0.4, 0.5) is 0 Å². The van der Waals surface area contributed by atoms with E-state index in [0.717, 1.165) is 27.3 Å². The third kappa shape index (κ3) is 9.35. The summed E-state index contributed by atoms with van der Waals surface area (Å²) in [6.45, 7) is 2.31. The highest BCUT2D eigenvalue weighted by Gasteiger charge is 2.55. The Morgan fingerprint density at radius 1 is 0.891 bits per heavy atom. The van der Waals surface area contributed by atoms with Crippen molar-refractivity contribution in [3.63, 3.8) is 0 Å². The van der Waals surface area contributed by atoms with Crippen LogP contribution in [0.2, 0.25) is 0 Å². The quantitative estimate of drug-likeness (QED) is 0.0624. The third-order valence-electron chi connectivity index (χ3n) is 9.65. The van der Waals surface area contributed by atoms with Crippen molar-refractivity contribution in [2.45, 2.75) is 55.7 Å². The maximum Gasteiger partial charge on any atom is 0.472 e. The van der Waals surface area contributed by atoms with E-state index in [2.05, 4.69) is 4.98 Å². The molecule has 6 rings (SSSR count). The number of benzene rings is 3. The summed E-state index contributed by atoms with van der Waals surface area (Å²) in [6, 6.07) is 27.8. The molecule has 296 valence electrons. The first-order valence-corrected chi connectivity index (χ1v) is 19.5. The van der Waals surface area contributed by atoms with Gasteiger partial charge in [-0.2, -0.15) is 0 Å². The molecule has 16 heteroatoms. The highest BCUT2D eigenvalue weighted by Crippen LogP contribution is 2.51. The number of nitrogens with zero attached hydrogens (tertiary/aromatic N) is 1. The van der Waals surface area contributed by atoms with Crippen molar-refractivity contribution in [2.24, 2.45) is 0 Å². The van der Waals surface area contributed by atoms with Gasteiger partial charge in [0.25, 0.3) is 5.56 Å². The van der Waals surface area contributed by atoms with E-state index in [1.54, 1.807) is 14.0 Å². The van der Waals surface area contributed by atoms with E-state index in [4.69, 9.17) is 42.2 Å². The summed E-state index contributed by atoms with van der Waals surface area (Å²) >= 11 is 0. The number of aromatic amines is 1. The van der Waals surface area contributed by atoms with Gasteiger partial charge in [-0.1, -0.05) is 72.8 Å². The summed E-state index contributed by atoms with van der Waals surface area (Å²) < 4.78 is 68.8. The third-order valence-corrected chi connectivity index (χ3v) is 10.7. The van der Waals surface area contributed by atoms with E-state index in [-0.39, 0.29) is 19.8 Å². The van der Waals surface area contributed by atoms with Gasteiger partial charge in [-0.3, -0.25) is 23.4 Å². The van der Waals surface area contributed by atoms with E-state index in [0.29, 0.717) is 38.4 Å². The van der Waals surface area contributed by atoms with Crippen LogP contribution in [0.1, 0.15) is 42.7 Å². The molecule has 2 saturated heterocycles. The molecule has 5 atom stereocenters. The highest BCUT2D eigenvalue weighted by molar-refractivity contribution is 7.47. The van der Waals surface area contributed by atoms with Gasteiger partial charge in [0.2, 0.25) is 0 Å². The Balaban J connectivity index is 1.46. The Kier molecular flexibility index (Phi) is 13.5. The van der Waals surface area contributed by atoms with Crippen LogP contribution in [0.25, 0.3) is 0 Å². The fourth-order valence-corrected chi connectivity index (χ4v) is 7.85. The second-order valence-electron chi connectivity index (χ2n) is 12.9. The molecule has 0 bridgehead atoms. The van der Waals surface area contributed by atoms with Gasteiger partial charge in [0.1, 0.15) is 29.7 Å². The van der Waals surface area contributed by atoms with E-state index < -0.39 is 55.0 Å². The lowest BCUT2D eigenvalue weighted by atomic mass is 9.80. The van der Waals surface area contributed by atoms with Gasteiger partial charge >= 0.3 is 13.5 Å². The summed E-state index contributed by atoms with van der Waals surface area (Å²) in [4.78, 5) is 38.9. The van der Waals surface area contributed by atoms with Gasteiger partial charge in [-0.15, -0.1) is 0 Å². The van der Waals surface area contributed by atoms with Gasteiger partial charge in [-0.05, 0) is 35.7 Å². The molecule has 0 saturated carbocycles. The monoisotopic (exact) mass is 782 g/mol. The zero-order valence-corrected chi connectivity index (χ0v) is 31.8. The molecule has 2 aliphatic rings. The van der Waals surface area contributed by atoms with E-state index in [1.807, 2.05) is 84.9 Å². The number of nitrogens with one attached hydrogen (secondary N) is 1. The minimum absolute atomic E-state index is 0.0404. The number of methoxy groups -OCH3 is 2. The first kappa shape index (κ1) is 40.7. The molecular weight excluding hydrogens is 735 g/mol. The minimum atomic E-state index is -4.85. The Morgan fingerprint density at radius 3 is 2.11 bits per heavy atom. The highest BCUT2D eigenvalue weighted by atomic mass is 31.2. The molecule has 0 spiro atoms. The number of rotatable bonds is 18. The smallest absolute Gasteiger partial charge is 0.472 e.